The third kappa shape index (κ3) is 3.75. The van der Waals surface area contributed by atoms with Crippen molar-refractivity contribution in [2.75, 3.05) is 0 Å². The fraction of sp³-hybridized carbons (Fsp3) is 0.650. The maximum absolute atomic E-state index is 13.1. The summed E-state index contributed by atoms with van der Waals surface area (Å²) in [4.78, 5) is 13.1. The van der Waals surface area contributed by atoms with Crippen molar-refractivity contribution in [2.45, 2.75) is 78.6 Å². The van der Waals surface area contributed by atoms with Crippen LogP contribution in [0, 0.1) is 5.92 Å². The number of carbonyl (C=O) groups is 1. The lowest BCUT2D eigenvalue weighted by Gasteiger charge is -2.19. The normalized spacial score (nSPS) is 16.7. The molecule has 1 fully saturated rings. The molecule has 0 radical (unpaired) electrons. The van der Waals surface area contributed by atoms with Crippen molar-refractivity contribution in [3.05, 3.63) is 34.4 Å². The fourth-order valence-electron chi connectivity index (χ4n) is 3.66. The molecule has 0 bridgehead atoms. The van der Waals surface area contributed by atoms with Crippen LogP contribution < -0.4 is 0 Å². The average Bonchev–Trinajstić information content (AvgIpc) is 2.81. The first-order valence-electron chi connectivity index (χ1n) is 8.90. The van der Waals surface area contributed by atoms with Crippen molar-refractivity contribution in [1.82, 2.24) is 0 Å². The van der Waals surface area contributed by atoms with Crippen LogP contribution in [-0.2, 0) is 19.3 Å². The quantitative estimate of drug-likeness (QED) is 0.514. The molecule has 1 aromatic rings. The lowest BCUT2D eigenvalue weighted by molar-refractivity contribution is 0.0906. The van der Waals surface area contributed by atoms with Gasteiger partial charge in [0.2, 0.25) is 0 Å². The Labute approximate surface area is 130 Å². The molecule has 0 saturated heterocycles. The highest BCUT2D eigenvalue weighted by Crippen LogP contribution is 2.30. The highest BCUT2D eigenvalue weighted by atomic mass is 16.1. The second-order valence-corrected chi connectivity index (χ2v) is 6.40. The second kappa shape index (κ2) is 7.77. The second-order valence-electron chi connectivity index (χ2n) is 6.40. The van der Waals surface area contributed by atoms with Gasteiger partial charge in [-0.3, -0.25) is 4.79 Å². The van der Waals surface area contributed by atoms with Gasteiger partial charge < -0.3 is 0 Å². The zero-order valence-electron chi connectivity index (χ0n) is 14.0. The Hall–Kier alpha value is -1.11. The van der Waals surface area contributed by atoms with E-state index in [2.05, 4.69) is 32.9 Å². The summed E-state index contributed by atoms with van der Waals surface area (Å²) in [6, 6.07) is 4.53. The summed E-state index contributed by atoms with van der Waals surface area (Å²) < 4.78 is 0. The largest absolute Gasteiger partial charge is 0.294 e. The number of rotatable bonds is 5. The Balaban J connectivity index is 2.38. The van der Waals surface area contributed by atoms with E-state index in [1.807, 2.05) is 0 Å². The molecule has 0 amide bonds. The van der Waals surface area contributed by atoms with Gasteiger partial charge in [0.05, 0.1) is 0 Å². The minimum absolute atomic E-state index is 0.274. The first-order chi connectivity index (χ1) is 10.2. The highest BCUT2D eigenvalue weighted by molar-refractivity contribution is 6.00. The molecule has 0 aliphatic heterocycles. The number of hydrogen-bond donors (Lipinski definition) is 0. The molecule has 0 heterocycles. The third-order valence-electron chi connectivity index (χ3n) is 5.00. The van der Waals surface area contributed by atoms with E-state index in [1.54, 1.807) is 0 Å². The van der Waals surface area contributed by atoms with Gasteiger partial charge in [-0.1, -0.05) is 58.6 Å². The lowest BCUT2D eigenvalue weighted by atomic mass is 9.84. The Morgan fingerprint density at radius 3 is 1.86 bits per heavy atom. The highest BCUT2D eigenvalue weighted by Gasteiger charge is 2.25. The topological polar surface area (TPSA) is 17.1 Å². The molecule has 1 aliphatic rings. The molecule has 1 nitrogen and oxygen atoms in total. The number of hydrogen-bond acceptors (Lipinski definition) is 1. The Kier molecular flexibility index (Phi) is 6.02. The molecule has 1 aliphatic carbocycles. The van der Waals surface area contributed by atoms with E-state index < -0.39 is 0 Å². The predicted octanol–water partition coefficient (Wildman–Crippen LogP) is 5.53. The third-order valence-corrected chi connectivity index (χ3v) is 5.00. The molecule has 1 aromatic carbocycles. The Morgan fingerprint density at radius 1 is 0.905 bits per heavy atom. The summed E-state index contributed by atoms with van der Waals surface area (Å²) >= 11 is 0. The summed E-state index contributed by atoms with van der Waals surface area (Å²) in [6.07, 6.45) is 10.3. The predicted molar refractivity (Wildman–Crippen MR) is 90.1 cm³/mol. The van der Waals surface area contributed by atoms with Crippen LogP contribution in [0.5, 0.6) is 0 Å². The van der Waals surface area contributed by atoms with Gasteiger partial charge in [-0.05, 0) is 48.8 Å². The van der Waals surface area contributed by atoms with Gasteiger partial charge >= 0.3 is 0 Å². The number of aryl methyl sites for hydroxylation is 3. The average molecular weight is 286 g/mol. The van der Waals surface area contributed by atoms with Gasteiger partial charge in [0.15, 0.2) is 5.78 Å². The van der Waals surface area contributed by atoms with Crippen molar-refractivity contribution in [1.29, 1.82) is 0 Å². The molecule has 0 atom stereocenters. The zero-order chi connectivity index (χ0) is 15.2. The van der Waals surface area contributed by atoms with Crippen LogP contribution in [-0.4, -0.2) is 5.78 Å². The number of carbonyl (C=O) groups excluding carboxylic acids is 1. The molecule has 2 rings (SSSR count). The van der Waals surface area contributed by atoms with Crippen LogP contribution in [0.3, 0.4) is 0 Å². The molecule has 0 aromatic heterocycles. The van der Waals surface area contributed by atoms with Gasteiger partial charge in [-0.25, -0.2) is 0 Å². The molecule has 1 heteroatoms. The van der Waals surface area contributed by atoms with E-state index in [0.29, 0.717) is 5.78 Å². The number of benzene rings is 1. The number of Topliss-reactive ketones (excluding diaryl/α,β-unsaturated/α-hetero) is 1. The first-order valence-corrected chi connectivity index (χ1v) is 8.90. The van der Waals surface area contributed by atoms with Crippen LogP contribution in [0.4, 0.5) is 0 Å². The van der Waals surface area contributed by atoms with Gasteiger partial charge in [0.1, 0.15) is 0 Å². The molecule has 0 unspecified atom stereocenters. The summed E-state index contributed by atoms with van der Waals surface area (Å²) in [5.41, 5.74) is 5.01. The van der Waals surface area contributed by atoms with E-state index >= 15 is 0 Å². The van der Waals surface area contributed by atoms with E-state index in [-0.39, 0.29) is 5.92 Å². The van der Waals surface area contributed by atoms with Gasteiger partial charge in [0, 0.05) is 11.5 Å². The lowest BCUT2D eigenvalue weighted by Crippen LogP contribution is -2.18. The fourth-order valence-corrected chi connectivity index (χ4v) is 3.66. The molecule has 0 spiro atoms. The van der Waals surface area contributed by atoms with Crippen LogP contribution in [0.2, 0.25) is 0 Å². The van der Waals surface area contributed by atoms with Crippen LogP contribution in [0.15, 0.2) is 12.1 Å². The summed E-state index contributed by atoms with van der Waals surface area (Å²) in [5, 5.41) is 0. The van der Waals surface area contributed by atoms with Crippen molar-refractivity contribution in [3.8, 4) is 0 Å². The maximum atomic E-state index is 13.1. The summed E-state index contributed by atoms with van der Waals surface area (Å²) in [6.45, 7) is 6.55. The minimum atomic E-state index is 0.274. The summed E-state index contributed by atoms with van der Waals surface area (Å²) in [7, 11) is 0. The molecule has 116 valence electrons. The van der Waals surface area contributed by atoms with Crippen molar-refractivity contribution < 1.29 is 4.79 Å². The number of ketones is 1. The van der Waals surface area contributed by atoms with Gasteiger partial charge in [-0.2, -0.15) is 0 Å². The zero-order valence-corrected chi connectivity index (χ0v) is 14.0. The van der Waals surface area contributed by atoms with Crippen LogP contribution in [0.1, 0.15) is 86.3 Å². The molecule has 21 heavy (non-hydrogen) atoms. The van der Waals surface area contributed by atoms with E-state index in [0.717, 1.165) is 37.7 Å². The first kappa shape index (κ1) is 16.3. The Bertz CT molecular complexity index is 454. The van der Waals surface area contributed by atoms with Crippen molar-refractivity contribution >= 4 is 5.78 Å². The van der Waals surface area contributed by atoms with E-state index in [9.17, 15) is 4.79 Å². The van der Waals surface area contributed by atoms with Crippen LogP contribution >= 0.6 is 0 Å². The SMILES string of the molecule is CCc1cc(CC)c(C(=O)C2CCCCCC2)c(CC)c1. The summed E-state index contributed by atoms with van der Waals surface area (Å²) in [5.74, 6) is 0.712. The van der Waals surface area contributed by atoms with Gasteiger partial charge in [0.25, 0.3) is 0 Å². The monoisotopic (exact) mass is 286 g/mol. The molecular formula is C20H30O. The van der Waals surface area contributed by atoms with Crippen molar-refractivity contribution in [3.63, 3.8) is 0 Å². The minimum Gasteiger partial charge on any atom is -0.294 e. The molecule has 0 N–H and O–H groups in total. The Morgan fingerprint density at radius 2 is 1.43 bits per heavy atom. The molecule has 1 saturated carbocycles. The van der Waals surface area contributed by atoms with Gasteiger partial charge in [-0.15, -0.1) is 0 Å². The van der Waals surface area contributed by atoms with E-state index in [4.69, 9.17) is 0 Å². The van der Waals surface area contributed by atoms with E-state index in [1.165, 1.54) is 42.4 Å². The maximum Gasteiger partial charge on any atom is 0.166 e. The van der Waals surface area contributed by atoms with Crippen LogP contribution in [0.25, 0.3) is 0 Å². The standard InChI is InChI=1S/C20H30O/c1-4-15-13-16(5-2)19(17(6-3)14-15)20(21)18-11-9-7-8-10-12-18/h13-14,18H,4-12H2,1-3H3. The van der Waals surface area contributed by atoms with Crippen molar-refractivity contribution in [2.24, 2.45) is 5.92 Å². The molecular weight excluding hydrogens is 256 g/mol. The smallest absolute Gasteiger partial charge is 0.166 e.